The van der Waals surface area contributed by atoms with Crippen molar-refractivity contribution in [3.8, 4) is 44.5 Å². The molecular formula is C41H43N5O5S. The summed E-state index contributed by atoms with van der Waals surface area (Å²) in [5.74, 6) is 0.922. The molecular weight excluding hydrogens is 675 g/mol. The van der Waals surface area contributed by atoms with Crippen LogP contribution in [-0.2, 0) is 16.6 Å². The molecule has 52 heavy (non-hydrogen) atoms. The molecule has 0 saturated carbocycles. The third-order valence-corrected chi connectivity index (χ3v) is 11.3. The van der Waals surface area contributed by atoms with Crippen molar-refractivity contribution in [2.45, 2.75) is 90.4 Å². The third-order valence-electron chi connectivity index (χ3n) is 10.1. The Hall–Kier alpha value is -4.87. The number of fused-ring (bicyclic) bond motifs is 9. The van der Waals surface area contributed by atoms with Crippen molar-refractivity contribution >= 4 is 38.4 Å². The first-order valence-corrected chi connectivity index (χ1v) is 18.8. The second-order valence-electron chi connectivity index (χ2n) is 15.1. The number of nitrogens with zero attached hydrogens (tertiary/aromatic N) is 5. The number of aliphatic carboxylic acids is 1. The third kappa shape index (κ3) is 6.41. The Bertz CT molecular complexity index is 2340. The molecule has 0 amide bonds. The number of rotatable bonds is 3. The minimum atomic E-state index is -1.19. The van der Waals surface area contributed by atoms with Gasteiger partial charge >= 0.3 is 5.97 Å². The Morgan fingerprint density at radius 3 is 2.67 bits per heavy atom. The van der Waals surface area contributed by atoms with Crippen molar-refractivity contribution in [3.63, 3.8) is 0 Å². The Morgan fingerprint density at radius 2 is 1.87 bits per heavy atom. The maximum atomic E-state index is 13.0. The fraction of sp³-hybridized carbons (Fsp3) is 0.390. The van der Waals surface area contributed by atoms with Crippen LogP contribution >= 0.6 is 11.3 Å². The van der Waals surface area contributed by atoms with Crippen LogP contribution in [0.3, 0.4) is 0 Å². The molecule has 5 heterocycles. The SMILES string of the molecule is Cc1cc2nc3sc2c(c1[C@H](OC(C)(C)C)C(=O)O)-c1ccc2c(c1)C(CCCC[C@H](C)Oc1cc4c(cnn4C)cc1-c1cc-3cnn1)CCO2. The first-order valence-electron chi connectivity index (χ1n) is 18.0. The molecule has 3 aromatic carbocycles. The molecule has 1 N–H and O–H groups in total. The summed E-state index contributed by atoms with van der Waals surface area (Å²) in [5, 5.41) is 25.9. The number of aromatic nitrogens is 5. The van der Waals surface area contributed by atoms with E-state index in [0.29, 0.717) is 23.8 Å². The molecule has 10 nitrogen and oxygen atoms in total. The Kier molecular flexibility index (Phi) is 8.74. The molecule has 268 valence electrons. The molecule has 1 unspecified atom stereocenters. The van der Waals surface area contributed by atoms with Gasteiger partial charge in [0, 0.05) is 40.8 Å². The van der Waals surface area contributed by atoms with Gasteiger partial charge < -0.3 is 19.3 Å². The summed E-state index contributed by atoms with van der Waals surface area (Å²) in [7, 11) is 1.93. The molecule has 6 bridgehead atoms. The van der Waals surface area contributed by atoms with Crippen molar-refractivity contribution in [2.24, 2.45) is 7.05 Å². The van der Waals surface area contributed by atoms with Gasteiger partial charge in [0.05, 0.1) is 52.1 Å². The normalized spacial score (nSPS) is 18.2. The van der Waals surface area contributed by atoms with Gasteiger partial charge in [-0.25, -0.2) is 9.78 Å². The van der Waals surface area contributed by atoms with Crippen LogP contribution in [-0.4, -0.2) is 54.3 Å². The number of thiazole rings is 1. The largest absolute Gasteiger partial charge is 0.493 e. The first-order chi connectivity index (χ1) is 24.9. The Morgan fingerprint density at radius 1 is 1.04 bits per heavy atom. The molecule has 2 aliphatic rings. The van der Waals surface area contributed by atoms with Crippen molar-refractivity contribution in [3.05, 3.63) is 71.5 Å². The topological polar surface area (TPSA) is 121 Å². The van der Waals surface area contributed by atoms with Crippen LogP contribution in [0.25, 0.3) is 54.1 Å². The van der Waals surface area contributed by atoms with Gasteiger partial charge in [0.15, 0.2) is 6.10 Å². The first kappa shape index (κ1) is 34.2. The van der Waals surface area contributed by atoms with E-state index in [1.807, 2.05) is 69.9 Å². The lowest BCUT2D eigenvalue weighted by atomic mass is 9.85. The summed E-state index contributed by atoms with van der Waals surface area (Å²) in [6.45, 7) is 10.4. The lowest BCUT2D eigenvalue weighted by Crippen LogP contribution is -2.28. The second-order valence-corrected chi connectivity index (χ2v) is 16.1. The molecule has 3 aromatic heterocycles. The fourth-order valence-electron chi connectivity index (χ4n) is 7.66. The van der Waals surface area contributed by atoms with Gasteiger partial charge in [-0.05, 0) is 113 Å². The van der Waals surface area contributed by atoms with Gasteiger partial charge in [-0.2, -0.15) is 15.3 Å². The standard InChI is InChI=1S/C41H43N5O5S/c1-22-15-31-38-36(35(22)37(40(47)48)51-41(3,4)5)25-11-12-33-28(16-25)24(13-14-49-33)10-8-7-9-23(2)50-34-19-32-26(21-43-46(32)6)17-29(34)30-18-27(20-42-45-30)39(44-31)52-38/h11-12,15-21,23-24,37H,7-10,13-14H2,1-6H3,(H,47,48)/t23-,24?,37-/m0/s1. The molecule has 0 saturated heterocycles. The van der Waals surface area contributed by atoms with E-state index in [9.17, 15) is 9.90 Å². The number of ether oxygens (including phenoxy) is 3. The number of aryl methyl sites for hydroxylation is 2. The van der Waals surface area contributed by atoms with E-state index in [4.69, 9.17) is 19.2 Å². The van der Waals surface area contributed by atoms with E-state index in [2.05, 4.69) is 40.4 Å². The van der Waals surface area contributed by atoms with E-state index < -0.39 is 17.7 Å². The average molecular weight is 718 g/mol. The van der Waals surface area contributed by atoms with Crippen LogP contribution in [0.1, 0.15) is 88.5 Å². The van der Waals surface area contributed by atoms with Crippen molar-refractivity contribution in [2.75, 3.05) is 6.61 Å². The molecule has 0 fully saturated rings. The Balaban J connectivity index is 1.37. The van der Waals surface area contributed by atoms with E-state index in [1.54, 1.807) is 6.20 Å². The number of hydrogen-bond acceptors (Lipinski definition) is 9. The minimum absolute atomic E-state index is 0.0168. The number of carbonyl (C=O) groups is 1. The summed E-state index contributed by atoms with van der Waals surface area (Å²) in [5.41, 5.74) is 7.74. The molecule has 3 atom stereocenters. The minimum Gasteiger partial charge on any atom is -0.493 e. The highest BCUT2D eigenvalue weighted by Gasteiger charge is 2.33. The molecule has 11 heteroatoms. The Labute approximate surface area is 306 Å². The summed E-state index contributed by atoms with van der Waals surface area (Å²) < 4.78 is 21.9. The number of carboxylic acids is 1. The van der Waals surface area contributed by atoms with Gasteiger partial charge in [-0.1, -0.05) is 12.5 Å². The highest BCUT2D eigenvalue weighted by Crippen LogP contribution is 2.47. The highest BCUT2D eigenvalue weighted by atomic mass is 32.1. The lowest BCUT2D eigenvalue weighted by molar-refractivity contribution is -0.160. The van der Waals surface area contributed by atoms with Gasteiger partial charge in [-0.3, -0.25) is 4.68 Å². The molecule has 0 radical (unpaired) electrons. The van der Waals surface area contributed by atoms with E-state index in [-0.39, 0.29) is 6.10 Å². The van der Waals surface area contributed by atoms with E-state index >= 15 is 0 Å². The molecule has 8 rings (SSSR count). The van der Waals surface area contributed by atoms with Gasteiger partial charge in [-0.15, -0.1) is 11.3 Å². The van der Waals surface area contributed by atoms with Crippen LogP contribution in [0.4, 0.5) is 0 Å². The zero-order valence-corrected chi connectivity index (χ0v) is 31.2. The molecule has 0 spiro atoms. The predicted molar refractivity (Wildman–Crippen MR) is 203 cm³/mol. The van der Waals surface area contributed by atoms with Gasteiger partial charge in [0.25, 0.3) is 0 Å². The quantitative estimate of drug-likeness (QED) is 0.191. The number of carboxylic acid groups (broad SMARTS) is 1. The van der Waals surface area contributed by atoms with Crippen molar-refractivity contribution in [1.29, 1.82) is 0 Å². The summed E-state index contributed by atoms with van der Waals surface area (Å²) in [6, 6.07) is 14.4. The summed E-state index contributed by atoms with van der Waals surface area (Å²) >= 11 is 1.52. The molecule has 2 aliphatic heterocycles. The zero-order chi connectivity index (χ0) is 36.3. The van der Waals surface area contributed by atoms with Crippen LogP contribution in [0.5, 0.6) is 11.5 Å². The average Bonchev–Trinajstić information content (AvgIpc) is 3.70. The second kappa shape index (κ2) is 13.3. The smallest absolute Gasteiger partial charge is 0.337 e. The molecule has 0 aliphatic carbocycles. The van der Waals surface area contributed by atoms with E-state index in [1.165, 1.54) is 11.3 Å². The fourth-order valence-corrected chi connectivity index (χ4v) is 8.76. The zero-order valence-electron chi connectivity index (χ0n) is 30.4. The van der Waals surface area contributed by atoms with Gasteiger partial charge in [0.1, 0.15) is 16.5 Å². The number of hydrogen-bond donors (Lipinski definition) is 1. The van der Waals surface area contributed by atoms with Crippen LogP contribution in [0, 0.1) is 6.92 Å². The summed E-state index contributed by atoms with van der Waals surface area (Å²) in [6.07, 6.45) is 7.29. The van der Waals surface area contributed by atoms with E-state index in [0.717, 1.165) is 103 Å². The van der Waals surface area contributed by atoms with Gasteiger partial charge in [0.2, 0.25) is 0 Å². The maximum Gasteiger partial charge on any atom is 0.337 e. The molecule has 6 aromatic rings. The van der Waals surface area contributed by atoms with Crippen LogP contribution in [0.2, 0.25) is 0 Å². The number of benzene rings is 3. The van der Waals surface area contributed by atoms with Crippen LogP contribution < -0.4 is 9.47 Å². The monoisotopic (exact) mass is 717 g/mol. The van der Waals surface area contributed by atoms with Crippen molar-refractivity contribution in [1.82, 2.24) is 25.0 Å². The van der Waals surface area contributed by atoms with Crippen molar-refractivity contribution < 1.29 is 24.1 Å². The maximum absolute atomic E-state index is 13.0. The summed E-state index contributed by atoms with van der Waals surface area (Å²) in [4.78, 5) is 18.2. The predicted octanol–water partition coefficient (Wildman–Crippen LogP) is 9.43. The lowest BCUT2D eigenvalue weighted by Gasteiger charge is -2.29. The van der Waals surface area contributed by atoms with Crippen LogP contribution in [0.15, 0.2) is 54.9 Å². The highest BCUT2D eigenvalue weighted by molar-refractivity contribution is 7.22.